The van der Waals surface area contributed by atoms with Crippen molar-refractivity contribution in [1.82, 2.24) is 0 Å². The molecule has 1 fully saturated rings. The molecule has 3 nitrogen and oxygen atoms in total. The Morgan fingerprint density at radius 2 is 2.06 bits per heavy atom. The Hall–Kier alpha value is -0.870. The molecule has 16 heavy (non-hydrogen) atoms. The zero-order valence-corrected chi connectivity index (χ0v) is 9.89. The summed E-state index contributed by atoms with van der Waals surface area (Å²) in [7, 11) is -2.98. The van der Waals surface area contributed by atoms with E-state index in [2.05, 4.69) is 0 Å². The number of rotatable bonds is 2. The quantitative estimate of drug-likeness (QED) is 0.836. The predicted octanol–water partition coefficient (Wildman–Crippen LogP) is 1.05. The van der Waals surface area contributed by atoms with Gasteiger partial charge in [-0.1, -0.05) is 12.1 Å². The van der Waals surface area contributed by atoms with Crippen molar-refractivity contribution in [1.29, 1.82) is 0 Å². The number of fused-ring (bicyclic) bond motifs is 1. The van der Waals surface area contributed by atoms with Crippen LogP contribution in [0.1, 0.15) is 24.0 Å². The Balaban J connectivity index is 1.95. The van der Waals surface area contributed by atoms with E-state index in [0.717, 1.165) is 24.8 Å². The van der Waals surface area contributed by atoms with Gasteiger partial charge in [0.1, 0.15) is 0 Å². The molecule has 0 spiro atoms. The fourth-order valence-electron chi connectivity index (χ4n) is 2.34. The molecule has 1 aliphatic carbocycles. The van der Waals surface area contributed by atoms with E-state index in [0.29, 0.717) is 11.3 Å². The molecule has 0 amide bonds. The molecule has 0 bridgehead atoms. The number of nitrogens with two attached hydrogens (primary N) is 1. The minimum absolute atomic E-state index is 0.00822. The fourth-order valence-corrected chi connectivity index (χ4v) is 3.88. The lowest BCUT2D eigenvalue weighted by molar-refractivity contribution is 0.600. The van der Waals surface area contributed by atoms with E-state index in [1.807, 2.05) is 12.1 Å². The van der Waals surface area contributed by atoms with Crippen molar-refractivity contribution in [3.8, 4) is 0 Å². The molecular weight excluding hydrogens is 222 g/mol. The van der Waals surface area contributed by atoms with Gasteiger partial charge in [0.05, 0.1) is 10.6 Å². The summed E-state index contributed by atoms with van der Waals surface area (Å²) in [5.41, 5.74) is 8.20. The van der Waals surface area contributed by atoms with E-state index in [9.17, 15) is 8.42 Å². The first-order valence-corrected chi connectivity index (χ1v) is 7.27. The topological polar surface area (TPSA) is 60.2 Å². The molecule has 0 unspecified atom stereocenters. The summed E-state index contributed by atoms with van der Waals surface area (Å²) in [6, 6.07) is 5.68. The first-order chi connectivity index (χ1) is 7.49. The van der Waals surface area contributed by atoms with Crippen LogP contribution in [-0.2, 0) is 22.7 Å². The summed E-state index contributed by atoms with van der Waals surface area (Å²) < 4.78 is 23.3. The van der Waals surface area contributed by atoms with Crippen molar-refractivity contribution < 1.29 is 8.42 Å². The Morgan fingerprint density at radius 1 is 1.31 bits per heavy atom. The molecule has 0 saturated heterocycles. The van der Waals surface area contributed by atoms with E-state index in [1.54, 1.807) is 6.07 Å². The van der Waals surface area contributed by atoms with Crippen LogP contribution >= 0.6 is 0 Å². The predicted molar refractivity (Wildman–Crippen MR) is 62.1 cm³/mol. The van der Waals surface area contributed by atoms with E-state index in [-0.39, 0.29) is 11.3 Å². The maximum absolute atomic E-state index is 11.6. The van der Waals surface area contributed by atoms with E-state index in [1.165, 1.54) is 5.56 Å². The van der Waals surface area contributed by atoms with Gasteiger partial charge < -0.3 is 5.73 Å². The van der Waals surface area contributed by atoms with Crippen LogP contribution in [0.3, 0.4) is 0 Å². The van der Waals surface area contributed by atoms with Gasteiger partial charge in [0, 0.05) is 5.54 Å². The molecule has 2 N–H and O–H groups in total. The molecule has 0 radical (unpaired) electrons. The third-order valence-electron chi connectivity index (χ3n) is 3.55. The van der Waals surface area contributed by atoms with E-state index in [4.69, 9.17) is 5.73 Å². The Labute approximate surface area is 95.6 Å². The third-order valence-corrected chi connectivity index (χ3v) is 5.36. The molecule has 4 heteroatoms. The van der Waals surface area contributed by atoms with Gasteiger partial charge in [-0.2, -0.15) is 0 Å². The number of hydrogen-bond donors (Lipinski definition) is 1. The van der Waals surface area contributed by atoms with Gasteiger partial charge in [-0.3, -0.25) is 0 Å². The van der Waals surface area contributed by atoms with Crippen LogP contribution in [0.25, 0.3) is 0 Å². The van der Waals surface area contributed by atoms with Gasteiger partial charge >= 0.3 is 0 Å². The van der Waals surface area contributed by atoms with Crippen LogP contribution in [0.5, 0.6) is 0 Å². The number of sulfone groups is 1. The smallest absolute Gasteiger partial charge is 0.178 e. The van der Waals surface area contributed by atoms with Gasteiger partial charge in [-0.25, -0.2) is 8.42 Å². The fraction of sp³-hybridized carbons (Fsp3) is 0.500. The minimum Gasteiger partial charge on any atom is -0.325 e. The maximum Gasteiger partial charge on any atom is 0.178 e. The number of benzene rings is 1. The van der Waals surface area contributed by atoms with Gasteiger partial charge in [-0.05, 0) is 42.9 Å². The molecule has 2 aliphatic rings. The van der Waals surface area contributed by atoms with Crippen LogP contribution in [0.15, 0.2) is 23.1 Å². The second-order valence-corrected chi connectivity index (χ2v) is 7.13. The highest BCUT2D eigenvalue weighted by Crippen LogP contribution is 2.36. The van der Waals surface area contributed by atoms with Crippen LogP contribution in [-0.4, -0.2) is 19.7 Å². The van der Waals surface area contributed by atoms with Crippen LogP contribution in [0.2, 0.25) is 0 Å². The highest BCUT2D eigenvalue weighted by molar-refractivity contribution is 7.91. The second-order valence-electron chi connectivity index (χ2n) is 5.05. The third kappa shape index (κ3) is 1.66. The summed E-state index contributed by atoms with van der Waals surface area (Å²) in [4.78, 5) is 0.526. The molecule has 3 rings (SSSR count). The van der Waals surface area contributed by atoms with Crippen LogP contribution in [0.4, 0.5) is 0 Å². The summed E-state index contributed by atoms with van der Waals surface area (Å²) in [5.74, 6) is 0.263. The average Bonchev–Trinajstić information content (AvgIpc) is 2.85. The first-order valence-electron chi connectivity index (χ1n) is 5.62. The van der Waals surface area contributed by atoms with Crippen molar-refractivity contribution in [2.24, 2.45) is 5.73 Å². The molecule has 0 atom stereocenters. The zero-order valence-electron chi connectivity index (χ0n) is 9.07. The molecular formula is C12H15NO2S. The van der Waals surface area contributed by atoms with E-state index >= 15 is 0 Å². The molecule has 1 aromatic carbocycles. The Morgan fingerprint density at radius 3 is 2.75 bits per heavy atom. The first kappa shape index (κ1) is 10.3. The van der Waals surface area contributed by atoms with E-state index < -0.39 is 9.84 Å². The summed E-state index contributed by atoms with van der Waals surface area (Å²) in [6.45, 7) is 0. The van der Waals surface area contributed by atoms with Crippen molar-refractivity contribution >= 4 is 9.84 Å². The molecule has 1 aromatic rings. The largest absolute Gasteiger partial charge is 0.325 e. The molecule has 86 valence electrons. The van der Waals surface area contributed by atoms with Crippen molar-refractivity contribution in [3.63, 3.8) is 0 Å². The van der Waals surface area contributed by atoms with Gasteiger partial charge in [0.25, 0.3) is 0 Å². The van der Waals surface area contributed by atoms with Gasteiger partial charge in [-0.15, -0.1) is 0 Å². The van der Waals surface area contributed by atoms with Crippen molar-refractivity contribution in [3.05, 3.63) is 29.3 Å². The van der Waals surface area contributed by atoms with Gasteiger partial charge in [0.2, 0.25) is 0 Å². The Kier molecular flexibility index (Phi) is 1.98. The lowest BCUT2D eigenvalue weighted by Gasteiger charge is -2.09. The summed E-state index contributed by atoms with van der Waals surface area (Å²) in [5, 5.41) is 0. The molecule has 0 aromatic heterocycles. The molecule has 1 heterocycles. The highest BCUT2D eigenvalue weighted by Gasteiger charge is 2.38. The molecule has 1 aliphatic heterocycles. The van der Waals surface area contributed by atoms with Gasteiger partial charge in [0.15, 0.2) is 9.84 Å². The Bertz CT molecular complexity index is 544. The normalized spacial score (nSPS) is 24.1. The summed E-state index contributed by atoms with van der Waals surface area (Å²) >= 11 is 0. The standard InChI is InChI=1S/C12H15NO2S/c13-12(4-5-12)8-9-1-2-11-10(7-9)3-6-16(11,14)15/h1-2,7H,3-6,8,13H2. The zero-order chi connectivity index (χ0) is 11.4. The lowest BCUT2D eigenvalue weighted by atomic mass is 10.0. The number of hydrogen-bond acceptors (Lipinski definition) is 3. The second kappa shape index (κ2) is 3.08. The lowest BCUT2D eigenvalue weighted by Crippen LogP contribution is -2.24. The number of aryl methyl sites for hydroxylation is 1. The monoisotopic (exact) mass is 237 g/mol. The average molecular weight is 237 g/mol. The maximum atomic E-state index is 11.6. The highest BCUT2D eigenvalue weighted by atomic mass is 32.2. The van der Waals surface area contributed by atoms with Crippen LogP contribution in [0, 0.1) is 0 Å². The minimum atomic E-state index is -2.98. The SMILES string of the molecule is NC1(Cc2ccc3c(c2)CCS3(=O)=O)CC1. The van der Waals surface area contributed by atoms with Crippen LogP contribution < -0.4 is 5.73 Å². The van der Waals surface area contributed by atoms with Crippen molar-refractivity contribution in [2.75, 3.05) is 5.75 Å². The summed E-state index contributed by atoms with van der Waals surface area (Å²) in [6.07, 6.45) is 3.70. The molecule has 1 saturated carbocycles. The van der Waals surface area contributed by atoms with Crippen molar-refractivity contribution in [2.45, 2.75) is 36.1 Å².